The van der Waals surface area contributed by atoms with Gasteiger partial charge in [-0.2, -0.15) is 0 Å². The van der Waals surface area contributed by atoms with E-state index in [1.165, 1.54) is 0 Å². The van der Waals surface area contributed by atoms with Crippen LogP contribution in [0.4, 0.5) is 0 Å². The van der Waals surface area contributed by atoms with E-state index in [-0.39, 0.29) is 12.7 Å². The van der Waals surface area contributed by atoms with Crippen molar-refractivity contribution < 1.29 is 14.9 Å². The summed E-state index contributed by atoms with van der Waals surface area (Å²) in [4.78, 5) is 0. The third-order valence-corrected chi connectivity index (χ3v) is 1.15. The van der Waals surface area contributed by atoms with Crippen molar-refractivity contribution in [2.45, 2.75) is 18.6 Å². The quantitative estimate of drug-likeness (QED) is 0.473. The van der Waals surface area contributed by atoms with Gasteiger partial charge in [0, 0.05) is 6.42 Å². The molecule has 2 N–H and O–H groups in total. The van der Waals surface area contributed by atoms with Crippen LogP contribution < -0.4 is 0 Å². The number of rotatable bonds is 3. The highest BCUT2D eigenvalue weighted by Crippen LogP contribution is 2.14. The van der Waals surface area contributed by atoms with Crippen LogP contribution in [0.15, 0.2) is 0 Å². The Morgan fingerprint density at radius 2 is 2.38 bits per heavy atom. The minimum atomic E-state index is -0.581. The van der Waals surface area contributed by atoms with E-state index in [0.717, 1.165) is 6.61 Å². The van der Waals surface area contributed by atoms with Gasteiger partial charge in [0.2, 0.25) is 0 Å². The number of hydrogen-bond acceptors (Lipinski definition) is 3. The van der Waals surface area contributed by atoms with Crippen molar-refractivity contribution in [2.75, 3.05) is 13.2 Å². The molecule has 2 atom stereocenters. The predicted octanol–water partition coefficient (Wildman–Crippen LogP) is -0.872. The average molecular weight is 118 g/mol. The molecule has 2 unspecified atom stereocenters. The highest BCUT2D eigenvalue weighted by Gasteiger charge is 2.24. The van der Waals surface area contributed by atoms with Gasteiger partial charge >= 0.3 is 0 Å². The minimum absolute atomic E-state index is 0.153. The maximum absolute atomic E-state index is 8.74. The standard InChI is InChI=1S/C5H10O3/c6-2-4(7)1-5-3-8-5/h4-7H,1-3H2. The van der Waals surface area contributed by atoms with Crippen molar-refractivity contribution in [2.24, 2.45) is 0 Å². The van der Waals surface area contributed by atoms with Crippen LogP contribution in [-0.2, 0) is 4.74 Å². The lowest BCUT2D eigenvalue weighted by Crippen LogP contribution is -2.14. The first-order chi connectivity index (χ1) is 3.83. The Hall–Kier alpha value is -0.120. The van der Waals surface area contributed by atoms with Crippen LogP contribution in [-0.4, -0.2) is 35.6 Å². The molecule has 0 aromatic rings. The molecule has 0 saturated carbocycles. The van der Waals surface area contributed by atoms with Crippen molar-refractivity contribution in [3.8, 4) is 0 Å². The Morgan fingerprint density at radius 3 is 2.75 bits per heavy atom. The Balaban J connectivity index is 1.98. The van der Waals surface area contributed by atoms with E-state index in [0.29, 0.717) is 6.42 Å². The molecule has 0 radical (unpaired) electrons. The first-order valence-electron chi connectivity index (χ1n) is 2.73. The fraction of sp³-hybridized carbons (Fsp3) is 1.00. The molecule has 0 bridgehead atoms. The number of hydrogen-bond donors (Lipinski definition) is 2. The Bertz CT molecular complexity index is 70.1. The van der Waals surface area contributed by atoms with Crippen LogP contribution in [0.1, 0.15) is 6.42 Å². The van der Waals surface area contributed by atoms with E-state index in [1.54, 1.807) is 0 Å². The molecule has 0 aromatic heterocycles. The molecule has 1 aliphatic rings. The molecular weight excluding hydrogens is 108 g/mol. The van der Waals surface area contributed by atoms with Crippen LogP contribution in [0.25, 0.3) is 0 Å². The number of epoxide rings is 1. The average Bonchev–Trinajstić information content (AvgIpc) is 2.50. The van der Waals surface area contributed by atoms with Crippen molar-refractivity contribution >= 4 is 0 Å². The lowest BCUT2D eigenvalue weighted by molar-refractivity contribution is 0.0814. The van der Waals surface area contributed by atoms with E-state index < -0.39 is 6.10 Å². The monoisotopic (exact) mass is 118 g/mol. The zero-order valence-corrected chi connectivity index (χ0v) is 4.58. The van der Waals surface area contributed by atoms with Crippen LogP contribution in [0.2, 0.25) is 0 Å². The Morgan fingerprint density at radius 1 is 1.75 bits per heavy atom. The topological polar surface area (TPSA) is 53.0 Å². The number of aliphatic hydroxyl groups excluding tert-OH is 2. The summed E-state index contributed by atoms with van der Waals surface area (Å²) in [6, 6.07) is 0. The molecule has 0 aromatic carbocycles. The maximum atomic E-state index is 8.74. The largest absolute Gasteiger partial charge is 0.394 e. The van der Waals surface area contributed by atoms with Gasteiger partial charge < -0.3 is 14.9 Å². The maximum Gasteiger partial charge on any atom is 0.0835 e. The third-order valence-electron chi connectivity index (χ3n) is 1.15. The first kappa shape index (κ1) is 6.01. The molecule has 1 fully saturated rings. The van der Waals surface area contributed by atoms with Crippen molar-refractivity contribution in [3.05, 3.63) is 0 Å². The summed E-state index contributed by atoms with van der Waals surface area (Å²) in [5, 5.41) is 17.0. The van der Waals surface area contributed by atoms with Gasteiger partial charge in [-0.15, -0.1) is 0 Å². The molecule has 0 spiro atoms. The molecular formula is C5H10O3. The van der Waals surface area contributed by atoms with Gasteiger partial charge in [-0.3, -0.25) is 0 Å². The smallest absolute Gasteiger partial charge is 0.0835 e. The zero-order chi connectivity index (χ0) is 5.98. The summed E-state index contributed by atoms with van der Waals surface area (Å²) in [7, 11) is 0. The SMILES string of the molecule is OCC(O)CC1CO1. The van der Waals surface area contributed by atoms with Crippen LogP contribution >= 0.6 is 0 Å². The van der Waals surface area contributed by atoms with Crippen molar-refractivity contribution in [1.82, 2.24) is 0 Å². The number of ether oxygens (including phenoxy) is 1. The lowest BCUT2D eigenvalue weighted by Gasteiger charge is -2.01. The summed E-state index contributed by atoms with van der Waals surface area (Å²) in [5.41, 5.74) is 0. The van der Waals surface area contributed by atoms with Crippen LogP contribution in [0, 0.1) is 0 Å². The Labute approximate surface area is 47.9 Å². The van der Waals surface area contributed by atoms with Gasteiger partial charge in [0.1, 0.15) is 0 Å². The van der Waals surface area contributed by atoms with Crippen molar-refractivity contribution in [1.29, 1.82) is 0 Å². The molecule has 1 aliphatic heterocycles. The fourth-order valence-electron chi connectivity index (χ4n) is 0.582. The van der Waals surface area contributed by atoms with E-state index in [1.807, 2.05) is 0 Å². The van der Waals surface area contributed by atoms with Crippen LogP contribution in [0.5, 0.6) is 0 Å². The highest BCUT2D eigenvalue weighted by atomic mass is 16.6. The predicted molar refractivity (Wildman–Crippen MR) is 27.4 cm³/mol. The number of aliphatic hydroxyl groups is 2. The highest BCUT2D eigenvalue weighted by molar-refractivity contribution is 4.72. The molecule has 0 aliphatic carbocycles. The van der Waals surface area contributed by atoms with Crippen molar-refractivity contribution in [3.63, 3.8) is 0 Å². The first-order valence-corrected chi connectivity index (χ1v) is 2.73. The van der Waals surface area contributed by atoms with Gasteiger partial charge in [-0.05, 0) is 0 Å². The van der Waals surface area contributed by atoms with E-state index in [2.05, 4.69) is 0 Å². The van der Waals surface area contributed by atoms with E-state index in [4.69, 9.17) is 14.9 Å². The third kappa shape index (κ3) is 1.78. The normalized spacial score (nSPS) is 30.0. The molecule has 3 nitrogen and oxygen atoms in total. The second-order valence-corrected chi connectivity index (χ2v) is 2.03. The molecule has 1 rings (SSSR count). The zero-order valence-electron chi connectivity index (χ0n) is 4.58. The second kappa shape index (κ2) is 2.44. The van der Waals surface area contributed by atoms with Gasteiger partial charge in [0.15, 0.2) is 0 Å². The summed E-state index contributed by atoms with van der Waals surface area (Å²) in [5.74, 6) is 0. The van der Waals surface area contributed by atoms with E-state index >= 15 is 0 Å². The summed E-state index contributed by atoms with van der Waals surface area (Å²) in [6.07, 6.45) is 0.218. The van der Waals surface area contributed by atoms with Crippen LogP contribution in [0.3, 0.4) is 0 Å². The van der Waals surface area contributed by atoms with Gasteiger partial charge in [0.05, 0.1) is 25.4 Å². The van der Waals surface area contributed by atoms with Gasteiger partial charge in [-0.1, -0.05) is 0 Å². The molecule has 48 valence electrons. The molecule has 8 heavy (non-hydrogen) atoms. The minimum Gasteiger partial charge on any atom is -0.394 e. The lowest BCUT2D eigenvalue weighted by atomic mass is 10.2. The van der Waals surface area contributed by atoms with E-state index in [9.17, 15) is 0 Å². The van der Waals surface area contributed by atoms with Gasteiger partial charge in [0.25, 0.3) is 0 Å². The molecule has 1 saturated heterocycles. The molecule has 0 amide bonds. The molecule has 3 heteroatoms. The molecule has 1 heterocycles. The van der Waals surface area contributed by atoms with Gasteiger partial charge in [-0.25, -0.2) is 0 Å². The fourth-order valence-corrected chi connectivity index (χ4v) is 0.582. The summed E-state index contributed by atoms with van der Waals surface area (Å²) < 4.78 is 4.81. The second-order valence-electron chi connectivity index (χ2n) is 2.03. The summed E-state index contributed by atoms with van der Waals surface area (Å²) in [6.45, 7) is 0.594. The summed E-state index contributed by atoms with van der Waals surface area (Å²) >= 11 is 0. The Kier molecular flexibility index (Phi) is 1.83.